The number of carbonyl (C=O) groups is 2. The SMILES string of the molecule is Cn1c(C(N)=O)nc2c1CCN(CCC13CCC(C(=O)O)(CC1)C3)C2. The summed E-state index contributed by atoms with van der Waals surface area (Å²) in [7, 11) is 1.85. The molecule has 1 aromatic rings. The van der Waals surface area contributed by atoms with Crippen LogP contribution in [0.1, 0.15) is 60.5 Å². The molecular weight excluding hydrogens is 320 g/mol. The van der Waals surface area contributed by atoms with E-state index in [4.69, 9.17) is 5.73 Å². The van der Waals surface area contributed by atoms with Crippen molar-refractivity contribution >= 4 is 11.9 Å². The Morgan fingerprint density at radius 3 is 2.60 bits per heavy atom. The molecule has 4 rings (SSSR count). The van der Waals surface area contributed by atoms with E-state index in [0.29, 0.717) is 5.82 Å². The number of fused-ring (bicyclic) bond motifs is 3. The quantitative estimate of drug-likeness (QED) is 0.837. The highest BCUT2D eigenvalue weighted by atomic mass is 16.4. The number of imidazole rings is 1. The standard InChI is InChI=1S/C18H26N4O3/c1-21-13-2-8-22(10-12(13)20-15(21)14(19)23)9-7-17-3-5-18(11-17,6-4-17)16(24)25/h2-11H2,1H3,(H2,19,23)(H,24,25). The zero-order valence-corrected chi connectivity index (χ0v) is 14.8. The third kappa shape index (κ3) is 2.56. The van der Waals surface area contributed by atoms with Gasteiger partial charge in [-0.05, 0) is 50.5 Å². The van der Waals surface area contributed by atoms with Gasteiger partial charge in [0.1, 0.15) is 0 Å². The lowest BCUT2D eigenvalue weighted by Crippen LogP contribution is -2.34. The third-order valence-corrected chi connectivity index (χ3v) is 6.95. The summed E-state index contributed by atoms with van der Waals surface area (Å²) in [5.74, 6) is -0.741. The number of carboxylic acids is 1. The largest absolute Gasteiger partial charge is 0.481 e. The van der Waals surface area contributed by atoms with E-state index in [2.05, 4.69) is 9.88 Å². The van der Waals surface area contributed by atoms with Crippen molar-refractivity contribution in [2.75, 3.05) is 13.1 Å². The number of amides is 1. The normalized spacial score (nSPS) is 31.2. The van der Waals surface area contributed by atoms with E-state index in [1.54, 1.807) is 0 Å². The molecule has 1 amide bonds. The number of carboxylic acid groups (broad SMARTS) is 1. The first-order chi connectivity index (χ1) is 11.8. The van der Waals surface area contributed by atoms with E-state index < -0.39 is 17.3 Å². The highest BCUT2D eigenvalue weighted by Crippen LogP contribution is 2.63. The second-order valence-electron chi connectivity index (χ2n) is 8.29. The van der Waals surface area contributed by atoms with E-state index in [-0.39, 0.29) is 5.41 Å². The summed E-state index contributed by atoms with van der Waals surface area (Å²) in [6.45, 7) is 2.67. The molecule has 7 heteroatoms. The van der Waals surface area contributed by atoms with Gasteiger partial charge in [-0.15, -0.1) is 0 Å². The Kier molecular flexibility index (Phi) is 3.68. The first-order valence-corrected chi connectivity index (χ1v) is 9.14. The molecule has 3 N–H and O–H groups in total. The van der Waals surface area contributed by atoms with Crippen molar-refractivity contribution in [3.8, 4) is 0 Å². The highest BCUT2D eigenvalue weighted by Gasteiger charge is 2.57. The minimum absolute atomic E-state index is 0.223. The summed E-state index contributed by atoms with van der Waals surface area (Å²) in [5.41, 5.74) is 7.24. The van der Waals surface area contributed by atoms with Crippen molar-refractivity contribution in [3.05, 3.63) is 17.2 Å². The number of aromatic nitrogens is 2. The van der Waals surface area contributed by atoms with Gasteiger partial charge in [-0.3, -0.25) is 14.5 Å². The highest BCUT2D eigenvalue weighted by molar-refractivity contribution is 5.89. The first kappa shape index (κ1) is 16.6. The molecule has 0 aromatic carbocycles. The number of carbonyl (C=O) groups excluding carboxylic acids is 1. The van der Waals surface area contributed by atoms with Gasteiger partial charge in [0.15, 0.2) is 5.82 Å². The number of rotatable bonds is 5. The van der Waals surface area contributed by atoms with Crippen LogP contribution >= 0.6 is 0 Å². The maximum atomic E-state index is 11.6. The molecule has 25 heavy (non-hydrogen) atoms. The minimum atomic E-state index is -0.595. The summed E-state index contributed by atoms with van der Waals surface area (Å²) < 4.78 is 1.82. The van der Waals surface area contributed by atoms with Gasteiger partial charge in [-0.2, -0.15) is 0 Å². The van der Waals surface area contributed by atoms with Crippen LogP contribution in [0.4, 0.5) is 0 Å². The van der Waals surface area contributed by atoms with Crippen LogP contribution in [0.2, 0.25) is 0 Å². The number of nitrogens with zero attached hydrogens (tertiary/aromatic N) is 3. The van der Waals surface area contributed by atoms with E-state index >= 15 is 0 Å². The molecule has 0 saturated heterocycles. The number of nitrogens with two attached hydrogens (primary N) is 1. The predicted octanol–water partition coefficient (Wildman–Crippen LogP) is 1.30. The van der Waals surface area contributed by atoms with Gasteiger partial charge in [-0.25, -0.2) is 4.98 Å². The Bertz CT molecular complexity index is 731. The van der Waals surface area contributed by atoms with Crippen LogP contribution < -0.4 is 5.73 Å². The van der Waals surface area contributed by atoms with Gasteiger partial charge in [0.2, 0.25) is 0 Å². The number of hydrogen-bond donors (Lipinski definition) is 2. The van der Waals surface area contributed by atoms with Crippen LogP contribution in [-0.4, -0.2) is 44.5 Å². The second kappa shape index (κ2) is 5.56. The van der Waals surface area contributed by atoms with Crippen molar-refractivity contribution in [3.63, 3.8) is 0 Å². The lowest BCUT2D eigenvalue weighted by molar-refractivity contribution is -0.148. The Balaban J connectivity index is 1.40. The van der Waals surface area contributed by atoms with Crippen molar-refractivity contribution in [2.45, 2.75) is 51.5 Å². The van der Waals surface area contributed by atoms with Gasteiger partial charge < -0.3 is 15.4 Å². The Hall–Kier alpha value is -1.89. The Morgan fingerprint density at radius 2 is 2.00 bits per heavy atom. The van der Waals surface area contributed by atoms with Crippen LogP contribution in [0.25, 0.3) is 0 Å². The maximum absolute atomic E-state index is 11.6. The van der Waals surface area contributed by atoms with Gasteiger partial charge >= 0.3 is 5.97 Å². The van der Waals surface area contributed by atoms with Crippen molar-refractivity contribution in [1.29, 1.82) is 0 Å². The molecule has 0 atom stereocenters. The topological polar surface area (TPSA) is 101 Å². The van der Waals surface area contributed by atoms with Crippen LogP contribution in [0.5, 0.6) is 0 Å². The molecule has 2 saturated carbocycles. The molecule has 0 unspecified atom stereocenters. The second-order valence-corrected chi connectivity index (χ2v) is 8.29. The summed E-state index contributed by atoms with van der Waals surface area (Å²) in [6.07, 6.45) is 6.57. The third-order valence-electron chi connectivity index (χ3n) is 6.95. The molecule has 2 bridgehead atoms. The summed E-state index contributed by atoms with van der Waals surface area (Å²) in [5, 5.41) is 9.55. The monoisotopic (exact) mass is 346 g/mol. The number of primary amides is 1. The van der Waals surface area contributed by atoms with Gasteiger partial charge in [0, 0.05) is 32.3 Å². The van der Waals surface area contributed by atoms with Gasteiger partial charge in [0.05, 0.1) is 11.1 Å². The molecule has 1 aliphatic heterocycles. The maximum Gasteiger partial charge on any atom is 0.309 e. The molecule has 0 spiro atoms. The number of hydrogen-bond acceptors (Lipinski definition) is 4. The predicted molar refractivity (Wildman–Crippen MR) is 90.9 cm³/mol. The van der Waals surface area contributed by atoms with Crippen molar-refractivity contribution < 1.29 is 14.7 Å². The molecule has 1 aromatic heterocycles. The molecule has 2 fully saturated rings. The molecule has 7 nitrogen and oxygen atoms in total. The van der Waals surface area contributed by atoms with Crippen LogP contribution in [0, 0.1) is 10.8 Å². The van der Waals surface area contributed by atoms with E-state index in [9.17, 15) is 14.7 Å². The molecule has 0 radical (unpaired) electrons. The van der Waals surface area contributed by atoms with Crippen molar-refractivity contribution in [2.24, 2.45) is 23.6 Å². The zero-order chi connectivity index (χ0) is 17.8. The molecule has 2 aliphatic carbocycles. The van der Waals surface area contributed by atoms with Crippen LogP contribution in [-0.2, 0) is 24.8 Å². The summed E-state index contributed by atoms with van der Waals surface area (Å²) in [6, 6.07) is 0. The first-order valence-electron chi connectivity index (χ1n) is 9.14. The minimum Gasteiger partial charge on any atom is -0.481 e. The molecule has 2 heterocycles. The van der Waals surface area contributed by atoms with Crippen molar-refractivity contribution in [1.82, 2.24) is 14.5 Å². The molecular formula is C18H26N4O3. The van der Waals surface area contributed by atoms with E-state index in [0.717, 1.165) is 76.0 Å². The molecule has 3 aliphatic rings. The number of aliphatic carboxylic acids is 1. The summed E-state index contributed by atoms with van der Waals surface area (Å²) >= 11 is 0. The fraction of sp³-hybridized carbons (Fsp3) is 0.722. The molecule has 136 valence electrons. The van der Waals surface area contributed by atoms with E-state index in [1.165, 1.54) is 0 Å². The van der Waals surface area contributed by atoms with Gasteiger partial charge in [0.25, 0.3) is 5.91 Å². The fourth-order valence-corrected chi connectivity index (χ4v) is 5.35. The Labute approximate surface area is 147 Å². The van der Waals surface area contributed by atoms with Crippen LogP contribution in [0.15, 0.2) is 0 Å². The van der Waals surface area contributed by atoms with Gasteiger partial charge in [-0.1, -0.05) is 0 Å². The van der Waals surface area contributed by atoms with Crippen LogP contribution in [0.3, 0.4) is 0 Å². The lowest BCUT2D eigenvalue weighted by Gasteiger charge is -2.32. The smallest absolute Gasteiger partial charge is 0.309 e. The average molecular weight is 346 g/mol. The average Bonchev–Trinajstić information content (AvgIpc) is 3.24. The summed E-state index contributed by atoms with van der Waals surface area (Å²) in [4.78, 5) is 29.9. The lowest BCUT2D eigenvalue weighted by atomic mass is 9.80. The zero-order valence-electron chi connectivity index (χ0n) is 14.8. The Morgan fingerprint density at radius 1 is 1.28 bits per heavy atom. The fourth-order valence-electron chi connectivity index (χ4n) is 5.35. The van der Waals surface area contributed by atoms with E-state index in [1.807, 2.05) is 11.6 Å².